The maximum atomic E-state index is 12.6. The Morgan fingerprint density at radius 1 is 0.647 bits per heavy atom. The van der Waals surface area contributed by atoms with Crippen molar-refractivity contribution in [2.24, 2.45) is 5.41 Å². The van der Waals surface area contributed by atoms with Gasteiger partial charge in [-0.15, -0.1) is 0 Å². The van der Waals surface area contributed by atoms with E-state index in [0.717, 1.165) is 6.54 Å². The van der Waals surface area contributed by atoms with Gasteiger partial charge in [-0.2, -0.15) is 0 Å². The maximum Gasteiger partial charge on any atom is 0.236 e. The van der Waals surface area contributed by atoms with Gasteiger partial charge in [-0.05, 0) is 48.6 Å². The van der Waals surface area contributed by atoms with Crippen molar-refractivity contribution in [1.29, 1.82) is 0 Å². The molecule has 0 rings (SSSR count). The fraction of sp³-hybridized carbons (Fsp3) is 0.864. The summed E-state index contributed by atoms with van der Waals surface area (Å²) in [6.45, 7) is 13.2. The van der Waals surface area contributed by atoms with E-state index in [4.69, 9.17) is 9.47 Å². The first-order valence-electron chi connectivity index (χ1n) is 11.2. The minimum absolute atomic E-state index is 0.174. The highest BCUT2D eigenvalue weighted by molar-refractivity contribution is 9.10. The molecule has 34 heavy (non-hydrogen) atoms. The number of halogens is 3. The van der Waals surface area contributed by atoms with Crippen molar-refractivity contribution in [1.82, 2.24) is 21.3 Å². The molecule has 0 fully saturated rings. The van der Waals surface area contributed by atoms with Crippen LogP contribution in [0.5, 0.6) is 0 Å². The number of hydrogen-bond acceptors (Lipinski definition) is 6. The first-order chi connectivity index (χ1) is 15.4. The third-order valence-electron chi connectivity index (χ3n) is 4.77. The molecule has 0 unspecified atom stereocenters. The highest BCUT2D eigenvalue weighted by Crippen LogP contribution is 2.22. The van der Waals surface area contributed by atoms with Crippen LogP contribution in [0.3, 0.4) is 0 Å². The predicted molar refractivity (Wildman–Crippen MR) is 146 cm³/mol. The summed E-state index contributed by atoms with van der Waals surface area (Å²) in [7, 11) is 1.85. The molecule has 9 nitrogen and oxygen atoms in total. The average Bonchev–Trinajstić information content (AvgIpc) is 2.70. The van der Waals surface area contributed by atoms with Gasteiger partial charge in [0.15, 0.2) is 0 Å². The van der Waals surface area contributed by atoms with Gasteiger partial charge in [-0.3, -0.25) is 14.4 Å². The number of carbonyl (C=O) groups is 3. The molecule has 0 bridgehead atoms. The van der Waals surface area contributed by atoms with Crippen LogP contribution in [0.2, 0.25) is 0 Å². The topological polar surface area (TPSA) is 118 Å². The van der Waals surface area contributed by atoms with E-state index in [-0.39, 0.29) is 44.0 Å². The van der Waals surface area contributed by atoms with Crippen LogP contribution in [-0.4, -0.2) is 90.3 Å². The van der Waals surface area contributed by atoms with Gasteiger partial charge in [0.05, 0.1) is 39.4 Å². The summed E-state index contributed by atoms with van der Waals surface area (Å²) in [6, 6.07) is 0. The summed E-state index contributed by atoms with van der Waals surface area (Å²) < 4.78 is 9.08. The zero-order valence-corrected chi connectivity index (χ0v) is 26.1. The van der Waals surface area contributed by atoms with Crippen LogP contribution in [0, 0.1) is 5.41 Å². The molecule has 0 saturated heterocycles. The van der Waals surface area contributed by atoms with E-state index in [9.17, 15) is 14.4 Å². The molecule has 200 valence electrons. The number of carbonyl (C=O) groups excluding carboxylic acids is 3. The van der Waals surface area contributed by atoms with Crippen molar-refractivity contribution >= 4 is 65.5 Å². The van der Waals surface area contributed by atoms with E-state index >= 15 is 0 Å². The van der Waals surface area contributed by atoms with E-state index in [2.05, 4.69) is 69.1 Å². The molecule has 4 N–H and O–H groups in total. The Kier molecular flexibility index (Phi) is 15.0. The summed E-state index contributed by atoms with van der Waals surface area (Å²) in [5.74, 6) is -0.648. The molecular formula is C22H41Br3N4O5. The third kappa shape index (κ3) is 14.3. The molecule has 0 aromatic rings. The summed E-state index contributed by atoms with van der Waals surface area (Å²) in [5.41, 5.74) is -0.805. The Hall–Kier alpha value is -0.270. The lowest BCUT2D eigenvalue weighted by Gasteiger charge is -2.36. The van der Waals surface area contributed by atoms with Gasteiger partial charge in [0.25, 0.3) is 0 Å². The summed E-state index contributed by atoms with van der Waals surface area (Å²) in [4.78, 5) is 37.7. The van der Waals surface area contributed by atoms with Crippen LogP contribution in [0.15, 0.2) is 0 Å². The van der Waals surface area contributed by atoms with Gasteiger partial charge < -0.3 is 30.7 Å². The fourth-order valence-corrected chi connectivity index (χ4v) is 2.88. The number of ether oxygens (including phenoxy) is 2. The van der Waals surface area contributed by atoms with Crippen LogP contribution in [-0.2, 0) is 23.9 Å². The highest BCUT2D eigenvalue weighted by atomic mass is 79.9. The standard InChI is InChI=1S/C22H41Br3N4O5/c1-19(2,23)16(30)27-12-22(13-28-17(31)20(3,4)24,14-29-18(32)21(5,6)25)15-34-11-10-33-9-8-26-7/h26H,8-15H2,1-7H3,(H,27,30)(H,28,31)(H,29,32). The van der Waals surface area contributed by atoms with E-state index in [1.54, 1.807) is 41.5 Å². The van der Waals surface area contributed by atoms with Crippen molar-refractivity contribution < 1.29 is 23.9 Å². The quantitative estimate of drug-likeness (QED) is 0.138. The smallest absolute Gasteiger partial charge is 0.236 e. The van der Waals surface area contributed by atoms with Gasteiger partial charge in [0.2, 0.25) is 17.7 Å². The Morgan fingerprint density at radius 2 is 1.00 bits per heavy atom. The van der Waals surface area contributed by atoms with Crippen molar-refractivity contribution in [3.05, 3.63) is 0 Å². The minimum Gasteiger partial charge on any atom is -0.378 e. The SMILES string of the molecule is CNCCOCCOCC(CNC(=O)C(C)(C)Br)(CNC(=O)C(C)(C)Br)CNC(=O)C(C)(C)Br. The molecule has 0 aliphatic rings. The first kappa shape index (κ1) is 33.7. The summed E-state index contributed by atoms with van der Waals surface area (Å²) in [6.07, 6.45) is 0. The van der Waals surface area contributed by atoms with Crippen LogP contribution in [0.25, 0.3) is 0 Å². The molecule has 0 aromatic heterocycles. The van der Waals surface area contributed by atoms with Gasteiger partial charge in [0, 0.05) is 31.6 Å². The Labute approximate surface area is 229 Å². The Morgan fingerprint density at radius 3 is 1.32 bits per heavy atom. The molecule has 0 saturated carbocycles. The van der Waals surface area contributed by atoms with E-state index in [1.807, 2.05) is 7.05 Å². The molecule has 12 heteroatoms. The zero-order chi connectivity index (χ0) is 26.6. The normalized spacial score (nSPS) is 12.9. The van der Waals surface area contributed by atoms with Crippen molar-refractivity contribution in [3.8, 4) is 0 Å². The number of likely N-dealkylation sites (N-methyl/N-ethyl adjacent to an activating group) is 1. The summed E-state index contributed by atoms with van der Waals surface area (Å²) in [5, 5.41) is 11.8. The highest BCUT2D eigenvalue weighted by Gasteiger charge is 2.37. The number of hydrogen-bond donors (Lipinski definition) is 4. The summed E-state index contributed by atoms with van der Waals surface area (Å²) >= 11 is 10.1. The molecule has 0 spiro atoms. The lowest BCUT2D eigenvalue weighted by atomic mass is 9.87. The fourth-order valence-electron chi connectivity index (χ4n) is 2.46. The molecule has 0 aliphatic carbocycles. The molecular weight excluding hydrogens is 640 g/mol. The van der Waals surface area contributed by atoms with E-state index in [0.29, 0.717) is 19.8 Å². The lowest BCUT2D eigenvalue weighted by Crippen LogP contribution is -2.57. The second-order valence-corrected chi connectivity index (χ2v) is 15.7. The van der Waals surface area contributed by atoms with Crippen molar-refractivity contribution in [3.63, 3.8) is 0 Å². The average molecular weight is 681 g/mol. The van der Waals surface area contributed by atoms with Crippen molar-refractivity contribution in [2.75, 3.05) is 59.7 Å². The molecule has 0 aliphatic heterocycles. The van der Waals surface area contributed by atoms with E-state index in [1.165, 1.54) is 0 Å². The van der Waals surface area contributed by atoms with Crippen LogP contribution in [0.1, 0.15) is 41.5 Å². The predicted octanol–water partition coefficient (Wildman–Crippen LogP) is 2.09. The Balaban J connectivity index is 5.59. The third-order valence-corrected chi connectivity index (χ3v) is 5.85. The maximum absolute atomic E-state index is 12.6. The van der Waals surface area contributed by atoms with Crippen LogP contribution in [0.4, 0.5) is 0 Å². The molecule has 0 heterocycles. The van der Waals surface area contributed by atoms with Gasteiger partial charge >= 0.3 is 0 Å². The van der Waals surface area contributed by atoms with Gasteiger partial charge in [-0.1, -0.05) is 47.8 Å². The van der Waals surface area contributed by atoms with Crippen LogP contribution < -0.4 is 21.3 Å². The second-order valence-electron chi connectivity index (χ2n) is 9.73. The molecule has 0 atom stereocenters. The molecule has 0 aromatic carbocycles. The number of alkyl halides is 3. The number of nitrogens with one attached hydrogen (secondary N) is 4. The van der Waals surface area contributed by atoms with Gasteiger partial charge in [-0.25, -0.2) is 0 Å². The molecule has 3 amide bonds. The van der Waals surface area contributed by atoms with Crippen LogP contribution >= 0.6 is 47.8 Å². The zero-order valence-electron chi connectivity index (χ0n) is 21.3. The number of rotatable bonds is 17. The monoisotopic (exact) mass is 678 g/mol. The van der Waals surface area contributed by atoms with E-state index < -0.39 is 18.4 Å². The lowest BCUT2D eigenvalue weighted by molar-refractivity contribution is -0.124. The molecule has 0 radical (unpaired) electrons. The Bertz CT molecular complexity index is 584. The first-order valence-corrected chi connectivity index (χ1v) is 13.5. The number of amides is 3. The minimum atomic E-state index is -0.805. The van der Waals surface area contributed by atoms with Crippen molar-refractivity contribution in [2.45, 2.75) is 54.5 Å². The van der Waals surface area contributed by atoms with Gasteiger partial charge in [0.1, 0.15) is 0 Å². The largest absolute Gasteiger partial charge is 0.378 e. The second kappa shape index (κ2) is 15.1.